The molecule has 0 aromatic heterocycles. The Kier molecular flexibility index (Phi) is 3.84. The van der Waals surface area contributed by atoms with Crippen LogP contribution in [0.15, 0.2) is 42.5 Å². The van der Waals surface area contributed by atoms with Gasteiger partial charge in [-0.3, -0.25) is 0 Å². The maximum atomic E-state index is 6.18. The molecule has 1 atom stereocenters. The molecule has 3 heteroatoms. The lowest BCUT2D eigenvalue weighted by atomic mass is 9.84. The third kappa shape index (κ3) is 2.62. The molecule has 0 amide bonds. The number of fused-ring (bicyclic) bond motifs is 1. The molecular weight excluding hydrogens is 289 g/mol. The van der Waals surface area contributed by atoms with Crippen LogP contribution in [-0.2, 0) is 0 Å². The first-order chi connectivity index (χ1) is 9.65. The maximum Gasteiger partial charge on any atom is 0.0598 e. The molecular formula is C17H15Cl2N. The van der Waals surface area contributed by atoms with Crippen molar-refractivity contribution in [2.45, 2.75) is 18.9 Å². The molecule has 20 heavy (non-hydrogen) atoms. The largest absolute Gasteiger partial charge is 0.324 e. The SMILES string of the molecule is N[C@H]1CC/C(=C\c2ccc(Cl)c(Cl)c2)c2ccccc21. The Hall–Kier alpha value is -1.28. The molecule has 0 saturated heterocycles. The molecule has 0 saturated carbocycles. The lowest BCUT2D eigenvalue weighted by Crippen LogP contribution is -2.16. The zero-order valence-electron chi connectivity index (χ0n) is 10.9. The molecule has 2 aromatic rings. The van der Waals surface area contributed by atoms with Crippen LogP contribution in [0, 0.1) is 0 Å². The molecule has 0 aliphatic heterocycles. The highest BCUT2D eigenvalue weighted by atomic mass is 35.5. The van der Waals surface area contributed by atoms with Gasteiger partial charge in [-0.2, -0.15) is 0 Å². The third-order valence-corrected chi connectivity index (χ3v) is 4.45. The fourth-order valence-electron chi connectivity index (χ4n) is 2.67. The van der Waals surface area contributed by atoms with Crippen LogP contribution in [-0.4, -0.2) is 0 Å². The second kappa shape index (κ2) is 5.61. The van der Waals surface area contributed by atoms with Crippen LogP contribution in [0.25, 0.3) is 11.6 Å². The fourth-order valence-corrected chi connectivity index (χ4v) is 2.97. The van der Waals surface area contributed by atoms with Gasteiger partial charge in [-0.25, -0.2) is 0 Å². The van der Waals surface area contributed by atoms with Crippen molar-refractivity contribution in [1.29, 1.82) is 0 Å². The Labute approximate surface area is 129 Å². The second-order valence-corrected chi connectivity index (χ2v) is 5.89. The van der Waals surface area contributed by atoms with Crippen molar-refractivity contribution >= 4 is 34.9 Å². The minimum atomic E-state index is 0.136. The highest BCUT2D eigenvalue weighted by Crippen LogP contribution is 2.37. The van der Waals surface area contributed by atoms with E-state index in [0.717, 1.165) is 18.4 Å². The first-order valence-corrected chi connectivity index (χ1v) is 7.41. The second-order valence-electron chi connectivity index (χ2n) is 5.08. The van der Waals surface area contributed by atoms with Crippen LogP contribution >= 0.6 is 23.2 Å². The lowest BCUT2D eigenvalue weighted by molar-refractivity contribution is 0.647. The first kappa shape index (κ1) is 13.7. The van der Waals surface area contributed by atoms with Crippen molar-refractivity contribution in [1.82, 2.24) is 0 Å². The van der Waals surface area contributed by atoms with E-state index in [4.69, 9.17) is 28.9 Å². The Morgan fingerprint density at radius 2 is 1.85 bits per heavy atom. The summed E-state index contributed by atoms with van der Waals surface area (Å²) in [7, 11) is 0. The van der Waals surface area contributed by atoms with Gasteiger partial charge in [0.05, 0.1) is 10.0 Å². The van der Waals surface area contributed by atoms with E-state index in [1.54, 1.807) is 0 Å². The van der Waals surface area contributed by atoms with Crippen LogP contribution in [0.5, 0.6) is 0 Å². The minimum absolute atomic E-state index is 0.136. The van der Waals surface area contributed by atoms with Crippen molar-refractivity contribution < 1.29 is 0 Å². The smallest absolute Gasteiger partial charge is 0.0598 e. The lowest BCUT2D eigenvalue weighted by Gasteiger charge is -2.24. The van der Waals surface area contributed by atoms with Crippen molar-refractivity contribution in [3.05, 3.63) is 69.2 Å². The zero-order chi connectivity index (χ0) is 14.1. The average molecular weight is 304 g/mol. The summed E-state index contributed by atoms with van der Waals surface area (Å²) >= 11 is 12.0. The van der Waals surface area contributed by atoms with Gasteiger partial charge in [0.25, 0.3) is 0 Å². The minimum Gasteiger partial charge on any atom is -0.324 e. The number of allylic oxidation sites excluding steroid dienone is 1. The molecule has 1 aliphatic rings. The van der Waals surface area contributed by atoms with Crippen molar-refractivity contribution in [3.8, 4) is 0 Å². The number of halogens is 2. The maximum absolute atomic E-state index is 6.18. The zero-order valence-corrected chi connectivity index (χ0v) is 12.5. The standard InChI is InChI=1S/C17H15Cl2N/c18-15-7-5-11(10-16(15)19)9-12-6-8-17(20)14-4-2-1-3-13(12)14/h1-5,7,9-10,17H,6,8,20H2/b12-9+/t17-/m0/s1. The van der Waals surface area contributed by atoms with Gasteiger partial charge in [0, 0.05) is 6.04 Å². The summed E-state index contributed by atoms with van der Waals surface area (Å²) in [6, 6.07) is 14.2. The van der Waals surface area contributed by atoms with E-state index >= 15 is 0 Å². The van der Waals surface area contributed by atoms with Gasteiger partial charge < -0.3 is 5.73 Å². The van der Waals surface area contributed by atoms with Crippen molar-refractivity contribution in [3.63, 3.8) is 0 Å². The Morgan fingerprint density at radius 1 is 1.05 bits per heavy atom. The van der Waals surface area contributed by atoms with E-state index in [2.05, 4.69) is 24.3 Å². The highest BCUT2D eigenvalue weighted by Gasteiger charge is 2.19. The molecule has 0 spiro atoms. The molecule has 3 rings (SSSR count). The van der Waals surface area contributed by atoms with E-state index < -0.39 is 0 Å². The predicted octanol–water partition coefficient (Wildman–Crippen LogP) is 5.33. The number of rotatable bonds is 1. The highest BCUT2D eigenvalue weighted by molar-refractivity contribution is 6.42. The van der Waals surface area contributed by atoms with Gasteiger partial charge in [-0.1, -0.05) is 59.6 Å². The van der Waals surface area contributed by atoms with Crippen LogP contribution < -0.4 is 5.73 Å². The average Bonchev–Trinajstić information content (AvgIpc) is 2.46. The summed E-state index contributed by atoms with van der Waals surface area (Å²) in [6.45, 7) is 0. The van der Waals surface area contributed by atoms with Gasteiger partial charge in [0.1, 0.15) is 0 Å². The summed E-state index contributed by atoms with van der Waals surface area (Å²) in [5.41, 5.74) is 11.0. The van der Waals surface area contributed by atoms with Crippen LogP contribution in [0.3, 0.4) is 0 Å². The predicted molar refractivity (Wildman–Crippen MR) is 86.9 cm³/mol. The molecule has 0 fully saturated rings. The number of hydrogen-bond acceptors (Lipinski definition) is 1. The molecule has 1 aliphatic carbocycles. The van der Waals surface area contributed by atoms with Crippen molar-refractivity contribution in [2.24, 2.45) is 5.73 Å². The van der Waals surface area contributed by atoms with Gasteiger partial charge in [-0.05, 0) is 47.2 Å². The van der Waals surface area contributed by atoms with E-state index in [0.29, 0.717) is 10.0 Å². The van der Waals surface area contributed by atoms with Gasteiger partial charge >= 0.3 is 0 Å². The van der Waals surface area contributed by atoms with Gasteiger partial charge in [0.2, 0.25) is 0 Å². The normalized spacial score (nSPS) is 19.9. The summed E-state index contributed by atoms with van der Waals surface area (Å²) in [4.78, 5) is 0. The van der Waals surface area contributed by atoms with Gasteiger partial charge in [-0.15, -0.1) is 0 Å². The number of benzene rings is 2. The van der Waals surface area contributed by atoms with Gasteiger partial charge in [0.15, 0.2) is 0 Å². The summed E-state index contributed by atoms with van der Waals surface area (Å²) in [5.74, 6) is 0. The molecule has 2 aromatic carbocycles. The molecule has 0 heterocycles. The first-order valence-electron chi connectivity index (χ1n) is 6.65. The Bertz CT molecular complexity index is 676. The third-order valence-electron chi connectivity index (χ3n) is 3.72. The number of hydrogen-bond donors (Lipinski definition) is 1. The van der Waals surface area contributed by atoms with Crippen molar-refractivity contribution in [2.75, 3.05) is 0 Å². The topological polar surface area (TPSA) is 26.0 Å². The molecule has 0 unspecified atom stereocenters. The summed E-state index contributed by atoms with van der Waals surface area (Å²) < 4.78 is 0. The molecule has 0 radical (unpaired) electrons. The molecule has 2 N–H and O–H groups in total. The fraction of sp³-hybridized carbons (Fsp3) is 0.176. The van der Waals surface area contributed by atoms with Crippen LogP contribution in [0.2, 0.25) is 10.0 Å². The van der Waals surface area contributed by atoms with E-state index in [9.17, 15) is 0 Å². The number of nitrogens with two attached hydrogens (primary N) is 1. The van der Waals surface area contributed by atoms with Crippen LogP contribution in [0.1, 0.15) is 35.6 Å². The summed E-state index contributed by atoms with van der Waals surface area (Å²) in [6.07, 6.45) is 4.13. The van der Waals surface area contributed by atoms with Crippen LogP contribution in [0.4, 0.5) is 0 Å². The Morgan fingerprint density at radius 3 is 2.65 bits per heavy atom. The Balaban J connectivity index is 2.04. The molecule has 0 bridgehead atoms. The quantitative estimate of drug-likeness (QED) is 0.757. The van der Waals surface area contributed by atoms with E-state index in [1.807, 2.05) is 24.3 Å². The van der Waals surface area contributed by atoms with E-state index in [1.165, 1.54) is 16.7 Å². The monoisotopic (exact) mass is 303 g/mol. The molecule has 102 valence electrons. The molecule has 1 nitrogen and oxygen atoms in total. The summed E-state index contributed by atoms with van der Waals surface area (Å²) in [5, 5.41) is 1.17. The van der Waals surface area contributed by atoms with E-state index in [-0.39, 0.29) is 6.04 Å².